The van der Waals surface area contributed by atoms with Gasteiger partial charge >= 0.3 is 0 Å². The number of amides is 1. The maximum Gasteiger partial charge on any atom is 0.276 e. The van der Waals surface area contributed by atoms with Gasteiger partial charge in [-0.3, -0.25) is 4.79 Å². The zero-order valence-electron chi connectivity index (χ0n) is 15.3. The number of hydrogen-bond acceptors (Lipinski definition) is 3. The van der Waals surface area contributed by atoms with Crippen molar-refractivity contribution < 1.29 is 13.7 Å². The normalized spacial score (nSPS) is 16.4. The summed E-state index contributed by atoms with van der Waals surface area (Å²) in [5.74, 6) is 0.0851. The van der Waals surface area contributed by atoms with Gasteiger partial charge in [-0.05, 0) is 42.7 Å². The van der Waals surface area contributed by atoms with Crippen molar-refractivity contribution in [2.24, 2.45) is 0 Å². The molecule has 28 heavy (non-hydrogen) atoms. The minimum atomic E-state index is -0.346. The van der Waals surface area contributed by atoms with E-state index in [9.17, 15) is 9.18 Å². The maximum atomic E-state index is 13.5. The van der Waals surface area contributed by atoms with Gasteiger partial charge in [-0.25, -0.2) is 4.39 Å². The van der Waals surface area contributed by atoms with E-state index in [4.69, 9.17) is 4.52 Å². The highest BCUT2D eigenvalue weighted by molar-refractivity contribution is 5.94. The predicted molar refractivity (Wildman–Crippen MR) is 103 cm³/mol. The first kappa shape index (κ1) is 16.7. The Morgan fingerprint density at radius 2 is 2.00 bits per heavy atom. The summed E-state index contributed by atoms with van der Waals surface area (Å²) in [6, 6.07) is 15.7. The van der Waals surface area contributed by atoms with Crippen LogP contribution in [0.15, 0.2) is 59.1 Å². The maximum absolute atomic E-state index is 13.5. The number of nitrogens with zero attached hydrogens (tertiary/aromatic N) is 2. The lowest BCUT2D eigenvalue weighted by atomic mass is 9.92. The van der Waals surface area contributed by atoms with E-state index >= 15 is 0 Å². The lowest BCUT2D eigenvalue weighted by Crippen LogP contribution is -2.40. The first-order chi connectivity index (χ1) is 13.6. The number of aromatic nitrogens is 2. The van der Waals surface area contributed by atoms with Crippen LogP contribution in [0.25, 0.3) is 10.9 Å². The molecule has 0 saturated heterocycles. The Hall–Kier alpha value is -3.41. The molecular weight excluding hydrogens is 357 g/mol. The zero-order chi connectivity index (χ0) is 19.3. The summed E-state index contributed by atoms with van der Waals surface area (Å²) in [6.45, 7) is 2.30. The van der Waals surface area contributed by atoms with E-state index in [-0.39, 0.29) is 23.5 Å². The van der Waals surface area contributed by atoms with Crippen molar-refractivity contribution in [3.8, 4) is 0 Å². The first-order valence-electron chi connectivity index (χ1n) is 9.21. The van der Waals surface area contributed by atoms with Crippen LogP contribution in [0.3, 0.4) is 0 Å². The molecule has 1 amide bonds. The molecule has 0 fully saturated rings. The van der Waals surface area contributed by atoms with Crippen LogP contribution in [0.2, 0.25) is 0 Å². The molecular formula is C22H18FN3O2. The molecule has 0 saturated carbocycles. The molecule has 4 aromatic rings. The highest BCUT2D eigenvalue weighted by Gasteiger charge is 2.35. The zero-order valence-corrected chi connectivity index (χ0v) is 15.3. The topological polar surface area (TPSA) is 62.1 Å². The summed E-state index contributed by atoms with van der Waals surface area (Å²) in [7, 11) is 0. The van der Waals surface area contributed by atoms with Gasteiger partial charge in [0.05, 0.1) is 6.04 Å². The molecule has 0 aliphatic carbocycles. The Morgan fingerprint density at radius 3 is 2.75 bits per heavy atom. The van der Waals surface area contributed by atoms with Crippen LogP contribution in [0.1, 0.15) is 39.1 Å². The lowest BCUT2D eigenvalue weighted by Gasteiger charge is -2.35. The third-order valence-corrected chi connectivity index (χ3v) is 5.33. The van der Waals surface area contributed by atoms with Gasteiger partial charge in [0, 0.05) is 29.2 Å². The number of carbonyl (C=O) groups excluding carboxylic acids is 1. The summed E-state index contributed by atoms with van der Waals surface area (Å²) in [5.41, 5.74) is 4.33. The predicted octanol–water partition coefficient (Wildman–Crippen LogP) is 4.39. The minimum Gasteiger partial charge on any atom is -0.361 e. The molecule has 1 N–H and O–H groups in total. The Morgan fingerprint density at radius 1 is 1.21 bits per heavy atom. The number of benzene rings is 2. The second-order valence-electron chi connectivity index (χ2n) is 7.09. The van der Waals surface area contributed by atoms with Crippen molar-refractivity contribution >= 4 is 16.8 Å². The van der Waals surface area contributed by atoms with Gasteiger partial charge in [-0.2, -0.15) is 0 Å². The number of H-pyrrole nitrogens is 1. The van der Waals surface area contributed by atoms with Gasteiger partial charge in [0.15, 0.2) is 5.69 Å². The van der Waals surface area contributed by atoms with Crippen LogP contribution in [-0.2, 0) is 6.42 Å². The number of aryl methyl sites for hydroxylation is 1. The minimum absolute atomic E-state index is 0.199. The highest BCUT2D eigenvalue weighted by atomic mass is 19.1. The number of carbonyl (C=O) groups is 1. The third-order valence-electron chi connectivity index (χ3n) is 5.33. The van der Waals surface area contributed by atoms with Crippen molar-refractivity contribution in [3.63, 3.8) is 0 Å². The van der Waals surface area contributed by atoms with E-state index in [1.54, 1.807) is 30.0 Å². The first-order valence-corrected chi connectivity index (χ1v) is 9.21. The van der Waals surface area contributed by atoms with Gasteiger partial charge in [0.1, 0.15) is 11.6 Å². The quantitative estimate of drug-likeness (QED) is 0.565. The van der Waals surface area contributed by atoms with E-state index in [2.05, 4.69) is 16.2 Å². The SMILES string of the molecule is Cc1cc(C(=O)N2CCc3c([nH]c4ccccc34)[C@@H]2c2ccc(F)cc2)no1. The number of halogens is 1. The lowest BCUT2D eigenvalue weighted by molar-refractivity contribution is 0.0681. The molecule has 5 nitrogen and oxygen atoms in total. The van der Waals surface area contributed by atoms with Crippen molar-refractivity contribution in [2.45, 2.75) is 19.4 Å². The van der Waals surface area contributed by atoms with Gasteiger partial charge in [0.25, 0.3) is 5.91 Å². The highest BCUT2D eigenvalue weighted by Crippen LogP contribution is 2.39. The second kappa shape index (κ2) is 6.34. The molecule has 140 valence electrons. The van der Waals surface area contributed by atoms with Gasteiger partial charge in [-0.15, -0.1) is 0 Å². The molecule has 0 unspecified atom stereocenters. The fraction of sp³-hybridized carbons (Fsp3) is 0.182. The van der Waals surface area contributed by atoms with E-state index < -0.39 is 0 Å². The number of para-hydroxylation sites is 1. The molecule has 0 bridgehead atoms. The number of nitrogens with one attached hydrogen (secondary N) is 1. The summed E-state index contributed by atoms with van der Waals surface area (Å²) >= 11 is 0. The molecule has 5 rings (SSSR count). The Labute approximate surface area is 160 Å². The molecule has 0 spiro atoms. The fourth-order valence-corrected chi connectivity index (χ4v) is 4.07. The largest absolute Gasteiger partial charge is 0.361 e. The molecule has 2 aromatic carbocycles. The van der Waals surface area contributed by atoms with E-state index in [1.807, 2.05) is 18.2 Å². The van der Waals surface area contributed by atoms with Gasteiger partial charge in [0.2, 0.25) is 0 Å². The smallest absolute Gasteiger partial charge is 0.276 e. The molecule has 0 radical (unpaired) electrons. The van der Waals surface area contributed by atoms with Crippen LogP contribution in [0.5, 0.6) is 0 Å². The Balaban J connectivity index is 1.67. The molecule has 2 aromatic heterocycles. The van der Waals surface area contributed by atoms with Crippen LogP contribution >= 0.6 is 0 Å². The fourth-order valence-electron chi connectivity index (χ4n) is 4.07. The standard InChI is InChI=1S/C22H18FN3O2/c1-13-12-19(25-28-13)22(27)26-11-10-17-16-4-2-3-5-18(16)24-20(17)21(26)14-6-8-15(23)9-7-14/h2-9,12,21,24H,10-11H2,1H3/t21-/m0/s1. The van der Waals surface area contributed by atoms with Crippen molar-refractivity contribution in [3.05, 3.63) is 88.7 Å². The summed E-state index contributed by atoms with van der Waals surface area (Å²) in [5, 5.41) is 5.06. The third kappa shape index (κ3) is 2.60. The summed E-state index contributed by atoms with van der Waals surface area (Å²) in [6.07, 6.45) is 0.736. The molecule has 1 atom stereocenters. The number of fused-ring (bicyclic) bond motifs is 3. The van der Waals surface area contributed by atoms with Crippen LogP contribution in [0.4, 0.5) is 4.39 Å². The van der Waals surface area contributed by atoms with E-state index in [1.165, 1.54) is 17.7 Å². The Bertz CT molecular complexity index is 1180. The van der Waals surface area contributed by atoms with Crippen molar-refractivity contribution in [2.75, 3.05) is 6.54 Å². The summed E-state index contributed by atoms with van der Waals surface area (Å²) < 4.78 is 18.6. The van der Waals surface area contributed by atoms with E-state index in [0.717, 1.165) is 28.6 Å². The average Bonchev–Trinajstić information content (AvgIpc) is 3.31. The molecule has 1 aliphatic heterocycles. The molecule has 6 heteroatoms. The monoisotopic (exact) mass is 375 g/mol. The molecule has 1 aliphatic rings. The van der Waals surface area contributed by atoms with Gasteiger partial charge < -0.3 is 14.4 Å². The number of rotatable bonds is 2. The van der Waals surface area contributed by atoms with Crippen molar-refractivity contribution in [1.82, 2.24) is 15.0 Å². The second-order valence-corrected chi connectivity index (χ2v) is 7.09. The van der Waals surface area contributed by atoms with Crippen LogP contribution < -0.4 is 0 Å². The Kier molecular flexibility index (Phi) is 3.79. The number of hydrogen-bond donors (Lipinski definition) is 1. The van der Waals surface area contributed by atoms with E-state index in [0.29, 0.717) is 12.3 Å². The van der Waals surface area contributed by atoms with Crippen molar-refractivity contribution in [1.29, 1.82) is 0 Å². The van der Waals surface area contributed by atoms with Gasteiger partial charge in [-0.1, -0.05) is 35.5 Å². The van der Waals surface area contributed by atoms with Crippen LogP contribution in [0, 0.1) is 12.7 Å². The van der Waals surface area contributed by atoms with Crippen LogP contribution in [-0.4, -0.2) is 27.5 Å². The summed E-state index contributed by atoms with van der Waals surface area (Å²) in [4.78, 5) is 18.5. The average molecular weight is 375 g/mol. The number of aromatic amines is 1. The molecule has 3 heterocycles.